The van der Waals surface area contributed by atoms with E-state index in [2.05, 4.69) is 75.6 Å². The highest BCUT2D eigenvalue weighted by atomic mass is 16.1. The first-order chi connectivity index (χ1) is 12.7. The first-order valence-electron chi connectivity index (χ1n) is 10.2. The van der Waals surface area contributed by atoms with Crippen molar-refractivity contribution in [2.45, 2.75) is 66.3 Å². The van der Waals surface area contributed by atoms with Crippen molar-refractivity contribution in [3.05, 3.63) is 47.2 Å². The first-order valence-corrected chi connectivity index (χ1v) is 10.2. The fraction of sp³-hybridized carbons (Fsp3) is 0.542. The maximum Gasteiger partial charge on any atom is 0.163 e. The van der Waals surface area contributed by atoms with Crippen LogP contribution in [0.2, 0.25) is 0 Å². The second-order valence-electron chi connectivity index (χ2n) is 9.98. The van der Waals surface area contributed by atoms with Crippen LogP contribution < -0.4 is 10.6 Å². The Morgan fingerprint density at radius 3 is 2.44 bits per heavy atom. The third-order valence-corrected chi connectivity index (χ3v) is 7.08. The van der Waals surface area contributed by atoms with Crippen LogP contribution in [0.3, 0.4) is 0 Å². The maximum absolute atomic E-state index is 13.2. The monoisotopic (exact) mass is 364 g/mol. The number of hydrogen-bond donors (Lipinski definition) is 2. The molecule has 0 saturated heterocycles. The minimum Gasteiger partial charge on any atom is -0.376 e. The molecule has 0 amide bonds. The topological polar surface area (TPSA) is 41.1 Å². The lowest BCUT2D eigenvalue weighted by Crippen LogP contribution is -2.37. The van der Waals surface area contributed by atoms with Crippen molar-refractivity contribution >= 4 is 17.2 Å². The molecular formula is C24H32N2O. The molecule has 144 valence electrons. The van der Waals surface area contributed by atoms with E-state index < -0.39 is 0 Å². The molecule has 0 fully saturated rings. The van der Waals surface area contributed by atoms with Crippen LogP contribution in [-0.2, 0) is 4.79 Å². The molecule has 1 heterocycles. The molecule has 1 aromatic rings. The minimum atomic E-state index is 0.0114. The zero-order valence-electron chi connectivity index (χ0n) is 17.3. The highest BCUT2D eigenvalue weighted by Crippen LogP contribution is 2.48. The second-order valence-corrected chi connectivity index (χ2v) is 9.98. The van der Waals surface area contributed by atoms with Crippen molar-refractivity contribution in [3.8, 4) is 0 Å². The second kappa shape index (κ2) is 6.25. The van der Waals surface area contributed by atoms with Gasteiger partial charge in [-0.05, 0) is 55.1 Å². The summed E-state index contributed by atoms with van der Waals surface area (Å²) >= 11 is 0. The van der Waals surface area contributed by atoms with Crippen LogP contribution in [0.4, 0.5) is 11.4 Å². The number of nitrogens with one attached hydrogen (secondary N) is 2. The van der Waals surface area contributed by atoms with Gasteiger partial charge in [-0.15, -0.1) is 0 Å². The summed E-state index contributed by atoms with van der Waals surface area (Å²) in [4.78, 5) is 13.2. The fourth-order valence-corrected chi connectivity index (χ4v) is 5.04. The van der Waals surface area contributed by atoms with Crippen molar-refractivity contribution in [3.63, 3.8) is 0 Å². The Kier molecular flexibility index (Phi) is 4.25. The van der Waals surface area contributed by atoms with Crippen LogP contribution in [0.25, 0.3) is 0 Å². The van der Waals surface area contributed by atoms with Gasteiger partial charge in [0.25, 0.3) is 0 Å². The molecular weight excluding hydrogens is 332 g/mol. The summed E-state index contributed by atoms with van der Waals surface area (Å²) in [5.74, 6) is 0.858. The summed E-state index contributed by atoms with van der Waals surface area (Å²) in [6.07, 6.45) is 6.03. The molecule has 1 aromatic carbocycles. The highest BCUT2D eigenvalue weighted by molar-refractivity contribution is 6.00. The summed E-state index contributed by atoms with van der Waals surface area (Å²) in [5, 5.41) is 7.35. The van der Waals surface area contributed by atoms with Gasteiger partial charge < -0.3 is 10.6 Å². The maximum atomic E-state index is 13.2. The quantitative estimate of drug-likeness (QED) is 0.640. The largest absolute Gasteiger partial charge is 0.376 e. The Bertz CT molecular complexity index is 844. The number of rotatable bonds is 2. The SMILES string of the molecule is CC1=CC[C@@H](C[C@@H]2Nc3ccccc3NC3=C2C(=O)CC(C)(C)C3)C1(C)C. The molecule has 0 spiro atoms. The number of hydrogen-bond acceptors (Lipinski definition) is 3. The van der Waals surface area contributed by atoms with Gasteiger partial charge in [0.05, 0.1) is 17.4 Å². The minimum absolute atomic E-state index is 0.0114. The van der Waals surface area contributed by atoms with Crippen molar-refractivity contribution < 1.29 is 4.79 Å². The molecule has 3 nitrogen and oxygen atoms in total. The molecule has 0 saturated carbocycles. The standard InChI is InChI=1S/C24H32N2O/c1-15-10-11-16(24(15,4)5)12-19-22-20(13-23(2,3)14-21(22)27)26-18-9-7-6-8-17(18)25-19/h6-10,16,19,25-26H,11-14H2,1-5H3/t16-,19-/m0/s1. The Balaban J connectivity index is 1.73. The van der Waals surface area contributed by atoms with E-state index in [4.69, 9.17) is 0 Å². The lowest BCUT2D eigenvalue weighted by atomic mass is 9.70. The summed E-state index contributed by atoms with van der Waals surface area (Å²) < 4.78 is 0. The fourth-order valence-electron chi connectivity index (χ4n) is 5.04. The average Bonchev–Trinajstić information content (AvgIpc) is 2.74. The molecule has 2 aliphatic carbocycles. The van der Waals surface area contributed by atoms with Crippen LogP contribution in [0.1, 0.15) is 60.3 Å². The van der Waals surface area contributed by atoms with Crippen LogP contribution >= 0.6 is 0 Å². The lowest BCUT2D eigenvalue weighted by Gasteiger charge is -2.37. The van der Waals surface area contributed by atoms with E-state index in [0.717, 1.165) is 41.9 Å². The molecule has 0 unspecified atom stereocenters. The van der Waals surface area contributed by atoms with Gasteiger partial charge >= 0.3 is 0 Å². The van der Waals surface area contributed by atoms with E-state index in [-0.39, 0.29) is 16.9 Å². The molecule has 2 N–H and O–H groups in total. The number of carbonyl (C=O) groups excluding carboxylic acids is 1. The molecule has 0 aromatic heterocycles. The van der Waals surface area contributed by atoms with Gasteiger partial charge in [-0.25, -0.2) is 0 Å². The summed E-state index contributed by atoms with van der Waals surface area (Å²) in [5.41, 5.74) is 5.98. The molecule has 4 rings (SSSR count). The number of Topliss-reactive ketones (excluding diaryl/α,β-unsaturated/α-hetero) is 1. The lowest BCUT2D eigenvalue weighted by molar-refractivity contribution is -0.118. The number of ketones is 1. The van der Waals surface area contributed by atoms with E-state index in [1.165, 1.54) is 5.57 Å². The van der Waals surface area contributed by atoms with E-state index >= 15 is 0 Å². The van der Waals surface area contributed by atoms with Crippen LogP contribution in [0.15, 0.2) is 47.2 Å². The molecule has 2 atom stereocenters. The van der Waals surface area contributed by atoms with Crippen molar-refractivity contribution in [1.82, 2.24) is 0 Å². The Labute approximate surface area is 163 Å². The molecule has 0 radical (unpaired) electrons. The first kappa shape index (κ1) is 18.3. The number of benzene rings is 1. The predicted octanol–water partition coefficient (Wildman–Crippen LogP) is 5.92. The normalized spacial score (nSPS) is 28.5. The zero-order valence-corrected chi connectivity index (χ0v) is 17.3. The third-order valence-electron chi connectivity index (χ3n) is 7.08. The van der Waals surface area contributed by atoms with Crippen molar-refractivity contribution in [1.29, 1.82) is 0 Å². The summed E-state index contributed by atoms with van der Waals surface area (Å²) in [6, 6.07) is 8.41. The molecule has 0 bridgehead atoms. The Morgan fingerprint density at radius 2 is 1.78 bits per heavy atom. The van der Waals surface area contributed by atoms with Gasteiger partial charge in [-0.2, -0.15) is 0 Å². The number of para-hydroxylation sites is 2. The third kappa shape index (κ3) is 3.22. The number of fused-ring (bicyclic) bond motifs is 1. The van der Waals surface area contributed by atoms with Crippen LogP contribution in [0, 0.1) is 16.7 Å². The number of carbonyl (C=O) groups is 1. The van der Waals surface area contributed by atoms with Gasteiger partial charge in [0.1, 0.15) is 0 Å². The molecule has 1 aliphatic heterocycles. The number of anilines is 2. The van der Waals surface area contributed by atoms with Crippen molar-refractivity contribution in [2.75, 3.05) is 10.6 Å². The molecule has 3 heteroatoms. The summed E-state index contributed by atoms with van der Waals surface area (Å²) in [7, 11) is 0. The smallest absolute Gasteiger partial charge is 0.163 e. The zero-order chi connectivity index (χ0) is 19.4. The predicted molar refractivity (Wildman–Crippen MR) is 113 cm³/mol. The average molecular weight is 365 g/mol. The van der Waals surface area contributed by atoms with Gasteiger partial charge in [0.2, 0.25) is 0 Å². The van der Waals surface area contributed by atoms with Gasteiger partial charge in [-0.1, -0.05) is 51.5 Å². The van der Waals surface area contributed by atoms with Crippen molar-refractivity contribution in [2.24, 2.45) is 16.7 Å². The van der Waals surface area contributed by atoms with E-state index in [0.29, 0.717) is 18.1 Å². The van der Waals surface area contributed by atoms with Gasteiger partial charge in [0.15, 0.2) is 5.78 Å². The molecule has 3 aliphatic rings. The Hall–Kier alpha value is -2.03. The van der Waals surface area contributed by atoms with Gasteiger partial charge in [-0.3, -0.25) is 4.79 Å². The van der Waals surface area contributed by atoms with Crippen LogP contribution in [0.5, 0.6) is 0 Å². The molecule has 27 heavy (non-hydrogen) atoms. The van der Waals surface area contributed by atoms with Crippen LogP contribution in [-0.4, -0.2) is 11.8 Å². The summed E-state index contributed by atoms with van der Waals surface area (Å²) in [6.45, 7) is 11.3. The highest BCUT2D eigenvalue weighted by Gasteiger charge is 2.42. The van der Waals surface area contributed by atoms with E-state index in [1.807, 2.05) is 0 Å². The van der Waals surface area contributed by atoms with Gasteiger partial charge in [0, 0.05) is 17.7 Å². The van der Waals surface area contributed by atoms with E-state index in [1.54, 1.807) is 0 Å². The van der Waals surface area contributed by atoms with E-state index in [9.17, 15) is 4.79 Å². The number of allylic oxidation sites excluding steroid dienone is 3. The Morgan fingerprint density at radius 1 is 1.07 bits per heavy atom.